The van der Waals surface area contributed by atoms with E-state index in [1.807, 2.05) is 88.4 Å². The summed E-state index contributed by atoms with van der Waals surface area (Å²) in [7, 11) is -4.33. The maximum atomic E-state index is 14.4. The van der Waals surface area contributed by atoms with Crippen molar-refractivity contribution in [3.8, 4) is 17.3 Å². The average Bonchev–Trinajstić information content (AvgIpc) is 3.76. The van der Waals surface area contributed by atoms with Crippen molar-refractivity contribution in [3.05, 3.63) is 99.1 Å². The van der Waals surface area contributed by atoms with Crippen LogP contribution < -0.4 is 24.6 Å². The molecule has 11 heteroatoms. The number of imidazole rings is 2. The minimum Gasteiger partial charge on any atom is -0.488 e. The van der Waals surface area contributed by atoms with Gasteiger partial charge < -0.3 is 13.9 Å². The normalized spacial score (nSPS) is 14.5. The summed E-state index contributed by atoms with van der Waals surface area (Å²) in [5.41, 5.74) is 3.61. The van der Waals surface area contributed by atoms with E-state index in [1.165, 1.54) is 0 Å². The fourth-order valence-electron chi connectivity index (χ4n) is 8.92. The summed E-state index contributed by atoms with van der Waals surface area (Å²) in [6.45, 7) is 8.14. The van der Waals surface area contributed by atoms with Gasteiger partial charge in [0.05, 0.1) is 27.2 Å². The predicted molar refractivity (Wildman–Crippen MR) is 203 cm³/mol. The van der Waals surface area contributed by atoms with Crippen molar-refractivity contribution >= 4 is 102 Å². The number of hydrogen-bond donors (Lipinski definition) is 1. The summed E-state index contributed by atoms with van der Waals surface area (Å²) in [5.74, 6) is 1.07. The molecule has 0 radical (unpaired) electrons. The average molecular weight is 704 g/mol. The number of fused-ring (bicyclic) bond motifs is 8. The van der Waals surface area contributed by atoms with Crippen molar-refractivity contribution in [2.24, 2.45) is 0 Å². The predicted octanol–water partition coefficient (Wildman–Crippen LogP) is 7.66. The molecule has 0 spiro atoms. The lowest BCUT2D eigenvalue weighted by atomic mass is 9.82. The number of hydrogen-bond acceptors (Lipinski definition) is 7. The zero-order valence-electron chi connectivity index (χ0n) is 28.3. The number of ether oxygens (including phenoxy) is 1. The highest BCUT2D eigenvalue weighted by molar-refractivity contribution is 7.87. The highest BCUT2D eigenvalue weighted by Crippen LogP contribution is 2.56. The smallest absolute Gasteiger partial charge is 0.347 e. The molecular weight excluding hydrogens is 677 g/mol. The Hall–Kier alpha value is -6.33. The molecule has 7 aromatic carbocycles. The van der Waals surface area contributed by atoms with Crippen LogP contribution in [-0.4, -0.2) is 22.8 Å². The van der Waals surface area contributed by atoms with E-state index in [0.29, 0.717) is 87.6 Å². The summed E-state index contributed by atoms with van der Waals surface area (Å²) in [6, 6.07) is 21.9. The number of nitrogens with zero attached hydrogens (tertiary/aromatic N) is 3. The Bertz CT molecular complexity index is 3610. The van der Waals surface area contributed by atoms with Crippen LogP contribution in [0.2, 0.25) is 0 Å². The van der Waals surface area contributed by atoms with E-state index in [1.54, 1.807) is 21.1 Å². The van der Waals surface area contributed by atoms with Gasteiger partial charge >= 0.3 is 21.5 Å². The van der Waals surface area contributed by atoms with E-state index >= 15 is 0 Å². The number of rotatable bonds is 0. The lowest BCUT2D eigenvalue weighted by molar-refractivity contribution is -0.580. The Labute approximate surface area is 293 Å². The largest absolute Gasteiger partial charge is 0.488 e. The first-order valence-electron chi connectivity index (χ1n) is 17.4. The van der Waals surface area contributed by atoms with Crippen LogP contribution in [0.25, 0.3) is 98.2 Å². The van der Waals surface area contributed by atoms with Crippen LogP contribution >= 0.6 is 0 Å². The maximum Gasteiger partial charge on any atom is 0.347 e. The van der Waals surface area contributed by atoms with Crippen molar-refractivity contribution in [1.29, 1.82) is 0 Å². The number of nitrogens with one attached hydrogen (secondary N) is 1. The van der Waals surface area contributed by atoms with Gasteiger partial charge in [-0.3, -0.25) is 9.20 Å². The zero-order valence-corrected chi connectivity index (χ0v) is 29.2. The maximum absolute atomic E-state index is 14.4. The lowest BCUT2D eigenvalue weighted by Crippen LogP contribution is -2.47. The second-order valence-electron chi connectivity index (χ2n) is 12.9. The Balaban J connectivity index is 0.000000777. The van der Waals surface area contributed by atoms with Crippen molar-refractivity contribution in [2.75, 3.05) is 0 Å². The molecule has 0 unspecified atom stereocenters. The molecule has 4 aliphatic heterocycles. The van der Waals surface area contributed by atoms with Gasteiger partial charge in [-0.25, -0.2) is 4.79 Å². The molecule has 0 saturated carbocycles. The van der Waals surface area contributed by atoms with E-state index in [-0.39, 0.29) is 28.4 Å². The van der Waals surface area contributed by atoms with Gasteiger partial charge in [0, 0.05) is 48.5 Å². The lowest BCUT2D eigenvalue weighted by Gasteiger charge is -2.29. The van der Waals surface area contributed by atoms with Gasteiger partial charge in [-0.15, -0.1) is 4.57 Å². The number of aromatic nitrogens is 4. The molecule has 2 aromatic heterocycles. The molecule has 9 aromatic rings. The number of pyridine rings is 2. The topological polar surface area (TPSA) is 124 Å². The monoisotopic (exact) mass is 703 g/mol. The molecule has 252 valence electrons. The first-order valence-corrected chi connectivity index (χ1v) is 18.8. The molecule has 0 amide bonds. The second-order valence-corrected chi connectivity index (χ2v) is 14.4. The molecule has 0 fully saturated rings. The molecule has 52 heavy (non-hydrogen) atoms. The Kier molecular flexibility index (Phi) is 5.37. The van der Waals surface area contributed by atoms with E-state index in [2.05, 4.69) is 4.98 Å². The van der Waals surface area contributed by atoms with Crippen LogP contribution in [-0.2, 0) is 16.7 Å². The van der Waals surface area contributed by atoms with Crippen LogP contribution in [0.3, 0.4) is 0 Å². The fourth-order valence-corrected chi connectivity index (χ4v) is 10.1. The van der Waals surface area contributed by atoms with Crippen LogP contribution in [0.15, 0.2) is 87.3 Å². The molecule has 0 aliphatic carbocycles. The van der Waals surface area contributed by atoms with E-state index in [9.17, 15) is 18.0 Å². The minimum atomic E-state index is -4.33. The van der Waals surface area contributed by atoms with Gasteiger partial charge in [-0.2, -0.15) is 8.42 Å². The highest BCUT2D eigenvalue weighted by atomic mass is 32.2. The van der Waals surface area contributed by atoms with Crippen LogP contribution in [0.1, 0.15) is 33.3 Å². The number of para-hydroxylation sites is 4. The van der Waals surface area contributed by atoms with Gasteiger partial charge in [0.25, 0.3) is 5.56 Å². The summed E-state index contributed by atoms with van der Waals surface area (Å²) in [5, 5.41) is 7.47. The van der Waals surface area contributed by atoms with Crippen molar-refractivity contribution < 1.29 is 21.9 Å². The van der Waals surface area contributed by atoms with Gasteiger partial charge in [0.2, 0.25) is 5.52 Å². The fraction of sp³-hybridized carbons (Fsp3) is 0.122. The molecule has 4 aliphatic rings. The first-order chi connectivity index (χ1) is 25.4. The summed E-state index contributed by atoms with van der Waals surface area (Å²) < 4.78 is 44.0. The number of H-pyrrole nitrogens is 1. The van der Waals surface area contributed by atoms with E-state index in [0.717, 1.165) is 21.9 Å². The molecular formula is C41H27N4O6S+. The summed E-state index contributed by atoms with van der Waals surface area (Å²) in [4.78, 5) is 37.0. The zero-order chi connectivity index (χ0) is 35.5. The van der Waals surface area contributed by atoms with Gasteiger partial charge in [-0.1, -0.05) is 52.0 Å². The molecule has 0 atom stereocenters. The SMILES string of the molecule is CC.CC.O=c1c2cc3c4c5c(cc6c(=O)[n+]7c8ccccc8nc-7c7cc8c(c9c(cc(c2c49)c2[nH]c4ccccc4n12)OS8(=O)=O)c5c76)CO3. The molecule has 0 bridgehead atoms. The molecule has 10 nitrogen and oxygen atoms in total. The number of aromatic amines is 1. The van der Waals surface area contributed by atoms with Gasteiger partial charge in [0.1, 0.15) is 22.9 Å². The van der Waals surface area contributed by atoms with E-state index in [4.69, 9.17) is 13.9 Å². The second kappa shape index (κ2) is 9.51. The third kappa shape index (κ3) is 3.12. The first kappa shape index (κ1) is 29.4. The van der Waals surface area contributed by atoms with Crippen LogP contribution in [0.4, 0.5) is 0 Å². The summed E-state index contributed by atoms with van der Waals surface area (Å²) >= 11 is 0. The Morgan fingerprint density at radius 2 is 1.44 bits per heavy atom. The van der Waals surface area contributed by atoms with Crippen molar-refractivity contribution in [3.63, 3.8) is 0 Å². The van der Waals surface area contributed by atoms with Crippen LogP contribution in [0.5, 0.6) is 11.5 Å². The Morgan fingerprint density at radius 1 is 0.731 bits per heavy atom. The quantitative estimate of drug-likeness (QED) is 0.0745. The van der Waals surface area contributed by atoms with Crippen molar-refractivity contribution in [2.45, 2.75) is 39.2 Å². The molecule has 13 rings (SSSR count). The Morgan fingerprint density at radius 3 is 2.29 bits per heavy atom. The highest BCUT2D eigenvalue weighted by Gasteiger charge is 2.39. The van der Waals surface area contributed by atoms with Crippen molar-refractivity contribution in [1.82, 2.24) is 14.4 Å². The standard InChI is InChI=1S/C37H14N4O6S.2C2H6/c42-36-17-9-14-13-46-23-11-18-27-15(34-38-19-5-1-3-7-21(19)40(34)37(18)43)10-24-30-31-25(48(44,45)47-24)12-16(28(17)32(31)26(14)29(23)33(27)30)35-39-20-6-2-4-8-22(20)41(35)36;2*1-2/h1-12H,13H2;2*1-2H3/p+1. The third-order valence-corrected chi connectivity index (χ3v) is 11.9. The van der Waals surface area contributed by atoms with Gasteiger partial charge in [-0.05, 0) is 59.1 Å². The number of benzene rings is 7. The molecule has 6 heterocycles. The van der Waals surface area contributed by atoms with Crippen LogP contribution in [0, 0.1) is 0 Å². The molecule has 1 N–H and O–H groups in total. The molecule has 0 saturated heterocycles. The summed E-state index contributed by atoms with van der Waals surface area (Å²) in [6.07, 6.45) is 0. The minimum absolute atomic E-state index is 0.00649. The van der Waals surface area contributed by atoms with E-state index < -0.39 is 10.1 Å². The van der Waals surface area contributed by atoms with Gasteiger partial charge in [0.15, 0.2) is 11.3 Å². The third-order valence-electron chi connectivity index (χ3n) is 10.7.